The van der Waals surface area contributed by atoms with Crippen LogP contribution in [-0.4, -0.2) is 20.6 Å². The highest BCUT2D eigenvalue weighted by atomic mass is 16.6. The zero-order valence-corrected chi connectivity index (χ0v) is 11.5. The van der Waals surface area contributed by atoms with Gasteiger partial charge in [0, 0.05) is 19.0 Å². The lowest BCUT2D eigenvalue weighted by Crippen LogP contribution is -2.41. The maximum Gasteiger partial charge on any atom is 0.332 e. The van der Waals surface area contributed by atoms with Crippen LogP contribution in [0, 0.1) is 10.1 Å². The smallest absolute Gasteiger partial charge is 0.332 e. The topological polar surface area (TPSA) is 126 Å². The van der Waals surface area contributed by atoms with Crippen molar-refractivity contribution in [2.24, 2.45) is 14.1 Å². The van der Waals surface area contributed by atoms with E-state index in [4.69, 9.17) is 10.2 Å². The molecule has 2 rings (SSSR count). The van der Waals surface area contributed by atoms with Crippen LogP contribution in [0.3, 0.4) is 0 Å². The SMILES string of the molecule is Cn1c(N)c([C@@H](C[N+](=O)[O-])c2ccco2)c(=O)n(C)c1=O. The summed E-state index contributed by atoms with van der Waals surface area (Å²) in [5.41, 5.74) is 4.53. The predicted octanol–water partition coefficient (Wildman–Crippen LogP) is -0.332. The molecule has 2 aromatic rings. The summed E-state index contributed by atoms with van der Waals surface area (Å²) in [5, 5.41) is 10.9. The van der Waals surface area contributed by atoms with Gasteiger partial charge < -0.3 is 10.2 Å². The number of hydrogen-bond donors (Lipinski definition) is 1. The molecule has 2 aromatic heterocycles. The van der Waals surface area contributed by atoms with Crippen molar-refractivity contribution < 1.29 is 9.34 Å². The fourth-order valence-corrected chi connectivity index (χ4v) is 2.18. The van der Waals surface area contributed by atoms with Crippen molar-refractivity contribution >= 4 is 5.82 Å². The number of anilines is 1. The maximum absolute atomic E-state index is 12.3. The summed E-state index contributed by atoms with van der Waals surface area (Å²) < 4.78 is 7.11. The van der Waals surface area contributed by atoms with E-state index < -0.39 is 28.6 Å². The molecule has 0 aromatic carbocycles. The average Bonchev–Trinajstić information content (AvgIpc) is 2.95. The van der Waals surface area contributed by atoms with Gasteiger partial charge in [0.05, 0.1) is 11.8 Å². The van der Waals surface area contributed by atoms with Crippen LogP contribution in [0.5, 0.6) is 0 Å². The largest absolute Gasteiger partial charge is 0.468 e. The number of furan rings is 1. The van der Waals surface area contributed by atoms with Gasteiger partial charge in [0.1, 0.15) is 17.5 Å². The standard InChI is InChI=1S/C12H14N4O5/c1-14-10(13)9(11(17)15(2)12(14)18)7(6-16(19)20)8-4-3-5-21-8/h3-5,7H,6,13H2,1-2H3/t7-/m0/s1. The van der Waals surface area contributed by atoms with E-state index in [1.165, 1.54) is 26.4 Å². The molecule has 0 saturated carbocycles. The summed E-state index contributed by atoms with van der Waals surface area (Å²) in [5.74, 6) is -0.819. The molecule has 9 heteroatoms. The van der Waals surface area contributed by atoms with Gasteiger partial charge >= 0.3 is 5.69 Å². The molecule has 0 unspecified atom stereocenters. The molecule has 112 valence electrons. The molecule has 0 bridgehead atoms. The van der Waals surface area contributed by atoms with Gasteiger partial charge in [-0.3, -0.25) is 24.0 Å². The van der Waals surface area contributed by atoms with Crippen LogP contribution in [0.25, 0.3) is 0 Å². The molecule has 0 radical (unpaired) electrons. The van der Waals surface area contributed by atoms with Gasteiger partial charge in [-0.05, 0) is 12.1 Å². The summed E-state index contributed by atoms with van der Waals surface area (Å²) in [7, 11) is 2.69. The van der Waals surface area contributed by atoms with Gasteiger partial charge in [-0.15, -0.1) is 0 Å². The van der Waals surface area contributed by atoms with E-state index in [0.29, 0.717) is 0 Å². The van der Waals surface area contributed by atoms with E-state index in [1.807, 2.05) is 0 Å². The number of nitrogens with zero attached hydrogens (tertiary/aromatic N) is 3. The van der Waals surface area contributed by atoms with E-state index in [0.717, 1.165) is 9.13 Å². The Balaban J connectivity index is 2.75. The van der Waals surface area contributed by atoms with Crippen molar-refractivity contribution in [1.29, 1.82) is 0 Å². The Morgan fingerprint density at radius 3 is 2.57 bits per heavy atom. The van der Waals surface area contributed by atoms with Gasteiger partial charge in [-0.25, -0.2) is 4.79 Å². The number of nitrogens with two attached hydrogens (primary N) is 1. The molecule has 0 aliphatic rings. The number of rotatable bonds is 4. The highest BCUT2D eigenvalue weighted by Crippen LogP contribution is 2.26. The lowest BCUT2D eigenvalue weighted by molar-refractivity contribution is -0.482. The van der Waals surface area contributed by atoms with Gasteiger partial charge in [0.15, 0.2) is 0 Å². The van der Waals surface area contributed by atoms with Crippen molar-refractivity contribution in [3.05, 3.63) is 60.7 Å². The Kier molecular flexibility index (Phi) is 3.66. The second kappa shape index (κ2) is 5.27. The third kappa shape index (κ3) is 2.45. The van der Waals surface area contributed by atoms with Crippen LogP contribution < -0.4 is 17.0 Å². The van der Waals surface area contributed by atoms with Gasteiger partial charge in [0.2, 0.25) is 6.54 Å². The van der Waals surface area contributed by atoms with Gasteiger partial charge in [-0.1, -0.05) is 0 Å². The normalized spacial score (nSPS) is 12.3. The first kappa shape index (κ1) is 14.6. The summed E-state index contributed by atoms with van der Waals surface area (Å²) >= 11 is 0. The van der Waals surface area contributed by atoms with Crippen LogP contribution in [0.15, 0.2) is 32.4 Å². The van der Waals surface area contributed by atoms with Crippen molar-refractivity contribution in [2.45, 2.75) is 5.92 Å². The summed E-state index contributed by atoms with van der Waals surface area (Å²) in [6.07, 6.45) is 1.35. The van der Waals surface area contributed by atoms with Crippen molar-refractivity contribution in [2.75, 3.05) is 12.3 Å². The Morgan fingerprint density at radius 1 is 1.38 bits per heavy atom. The molecule has 0 aliphatic carbocycles. The molecule has 9 nitrogen and oxygen atoms in total. The molecule has 0 aliphatic heterocycles. The molecule has 0 fully saturated rings. The average molecular weight is 294 g/mol. The lowest BCUT2D eigenvalue weighted by atomic mass is 9.98. The molecule has 21 heavy (non-hydrogen) atoms. The fraction of sp³-hybridized carbons (Fsp3) is 0.333. The molecule has 0 amide bonds. The molecule has 0 saturated heterocycles. The van der Waals surface area contributed by atoms with Gasteiger partial charge in [0.25, 0.3) is 5.56 Å². The van der Waals surface area contributed by atoms with E-state index in [-0.39, 0.29) is 17.1 Å². The second-order valence-corrected chi connectivity index (χ2v) is 4.59. The van der Waals surface area contributed by atoms with Gasteiger partial charge in [-0.2, -0.15) is 0 Å². The van der Waals surface area contributed by atoms with E-state index in [9.17, 15) is 19.7 Å². The van der Waals surface area contributed by atoms with Crippen LogP contribution in [-0.2, 0) is 14.1 Å². The molecule has 1 atom stereocenters. The molecular weight excluding hydrogens is 280 g/mol. The first-order valence-electron chi connectivity index (χ1n) is 6.05. The molecular formula is C12H14N4O5. The number of nitrogen functional groups attached to an aromatic ring is 1. The van der Waals surface area contributed by atoms with E-state index in [1.54, 1.807) is 6.07 Å². The number of aromatic nitrogens is 2. The summed E-state index contributed by atoms with van der Waals surface area (Å²) in [4.78, 5) is 34.4. The third-order valence-electron chi connectivity index (χ3n) is 3.31. The van der Waals surface area contributed by atoms with Crippen LogP contribution in [0.2, 0.25) is 0 Å². The number of nitro groups is 1. The van der Waals surface area contributed by atoms with Crippen molar-refractivity contribution in [1.82, 2.24) is 9.13 Å². The molecule has 2 heterocycles. The van der Waals surface area contributed by atoms with E-state index >= 15 is 0 Å². The third-order valence-corrected chi connectivity index (χ3v) is 3.31. The molecule has 0 spiro atoms. The number of hydrogen-bond acceptors (Lipinski definition) is 6. The quantitative estimate of drug-likeness (QED) is 0.607. The highest BCUT2D eigenvalue weighted by Gasteiger charge is 2.30. The Hall–Kier alpha value is -2.84. The fourth-order valence-electron chi connectivity index (χ4n) is 2.18. The lowest BCUT2D eigenvalue weighted by Gasteiger charge is -2.16. The van der Waals surface area contributed by atoms with Crippen LogP contribution in [0.1, 0.15) is 17.2 Å². The zero-order valence-electron chi connectivity index (χ0n) is 11.5. The minimum Gasteiger partial charge on any atom is -0.468 e. The monoisotopic (exact) mass is 294 g/mol. The first-order chi connectivity index (χ1) is 9.84. The van der Waals surface area contributed by atoms with Crippen molar-refractivity contribution in [3.63, 3.8) is 0 Å². The second-order valence-electron chi connectivity index (χ2n) is 4.59. The Morgan fingerprint density at radius 2 is 2.05 bits per heavy atom. The summed E-state index contributed by atoms with van der Waals surface area (Å²) in [6, 6.07) is 3.09. The molecule has 2 N–H and O–H groups in total. The van der Waals surface area contributed by atoms with Crippen LogP contribution in [0.4, 0.5) is 5.82 Å². The van der Waals surface area contributed by atoms with E-state index in [2.05, 4.69) is 0 Å². The maximum atomic E-state index is 12.3. The summed E-state index contributed by atoms with van der Waals surface area (Å²) in [6.45, 7) is -0.564. The minimum atomic E-state index is -0.958. The Labute approximate surface area is 118 Å². The highest BCUT2D eigenvalue weighted by molar-refractivity contribution is 5.44. The van der Waals surface area contributed by atoms with Crippen molar-refractivity contribution in [3.8, 4) is 0 Å². The predicted molar refractivity (Wildman–Crippen MR) is 73.7 cm³/mol. The Bertz CT molecular complexity index is 787. The zero-order chi connectivity index (χ0) is 15.7. The minimum absolute atomic E-state index is 0.0220. The first-order valence-corrected chi connectivity index (χ1v) is 6.05. The van der Waals surface area contributed by atoms with Crippen LogP contribution >= 0.6 is 0 Å².